The summed E-state index contributed by atoms with van der Waals surface area (Å²) in [5, 5.41) is 19.4. The molecule has 1 aromatic heterocycles. The molecule has 1 heterocycles. The fourth-order valence-corrected chi connectivity index (χ4v) is 2.29. The van der Waals surface area contributed by atoms with Gasteiger partial charge in [-0.1, -0.05) is 0 Å². The van der Waals surface area contributed by atoms with Crippen LogP contribution < -0.4 is 5.73 Å². The molecule has 0 aliphatic heterocycles. The summed E-state index contributed by atoms with van der Waals surface area (Å²) in [6, 6.07) is 3.19. The Morgan fingerprint density at radius 2 is 2.24 bits per heavy atom. The monoisotopic (exact) mass is 259 g/mol. The van der Waals surface area contributed by atoms with E-state index in [4.69, 9.17) is 10.5 Å². The summed E-state index contributed by atoms with van der Waals surface area (Å²) in [6.07, 6.45) is -1.60. The minimum Gasteiger partial charge on any atom is -0.462 e. The molecule has 0 spiro atoms. The molecule has 2 atom stereocenters. The van der Waals surface area contributed by atoms with Crippen LogP contribution in [0.3, 0.4) is 0 Å². The van der Waals surface area contributed by atoms with Crippen LogP contribution in [0.5, 0.6) is 0 Å². The van der Waals surface area contributed by atoms with Gasteiger partial charge in [0.05, 0.1) is 12.7 Å². The molecule has 0 amide bonds. The van der Waals surface area contributed by atoms with E-state index in [0.717, 1.165) is 11.3 Å². The molecular formula is C11H17NO4S. The van der Waals surface area contributed by atoms with Crippen molar-refractivity contribution in [3.05, 3.63) is 21.9 Å². The van der Waals surface area contributed by atoms with E-state index in [-0.39, 0.29) is 0 Å². The second-order valence-electron chi connectivity index (χ2n) is 3.51. The van der Waals surface area contributed by atoms with Gasteiger partial charge in [0.2, 0.25) is 0 Å². The predicted octanol–water partition coefficient (Wildman–Crippen LogP) is 0.668. The third-order valence-corrected chi connectivity index (χ3v) is 3.36. The first-order valence-electron chi connectivity index (χ1n) is 5.43. The summed E-state index contributed by atoms with van der Waals surface area (Å²) < 4.78 is 4.84. The van der Waals surface area contributed by atoms with Crippen LogP contribution in [0.1, 0.15) is 34.0 Å². The number of hydrogen-bond acceptors (Lipinski definition) is 6. The van der Waals surface area contributed by atoms with Crippen molar-refractivity contribution in [3.8, 4) is 0 Å². The van der Waals surface area contributed by atoms with Crippen LogP contribution in [0, 0.1) is 0 Å². The third kappa shape index (κ3) is 3.78. The van der Waals surface area contributed by atoms with Gasteiger partial charge in [-0.05, 0) is 32.0 Å². The molecule has 0 aliphatic carbocycles. The standard InChI is InChI=1S/C11H17NO4S/c1-2-16-11(15)9-4-3-8(17-9)10(14)7(13)5-6-12/h3-4,7,10,13-14H,2,5-6,12H2,1H3. The lowest BCUT2D eigenvalue weighted by atomic mass is 10.1. The van der Waals surface area contributed by atoms with E-state index in [9.17, 15) is 15.0 Å². The van der Waals surface area contributed by atoms with Crippen molar-refractivity contribution in [2.24, 2.45) is 5.73 Å². The Labute approximate surface area is 104 Å². The smallest absolute Gasteiger partial charge is 0.348 e. The van der Waals surface area contributed by atoms with E-state index < -0.39 is 18.2 Å². The fourth-order valence-electron chi connectivity index (χ4n) is 1.34. The fraction of sp³-hybridized carbons (Fsp3) is 0.545. The Morgan fingerprint density at radius 3 is 2.82 bits per heavy atom. The molecule has 6 heteroatoms. The van der Waals surface area contributed by atoms with Crippen molar-refractivity contribution >= 4 is 17.3 Å². The number of aliphatic hydroxyl groups is 2. The van der Waals surface area contributed by atoms with E-state index in [0.29, 0.717) is 29.3 Å². The first kappa shape index (κ1) is 14.1. The molecule has 0 bridgehead atoms. The number of nitrogens with two attached hydrogens (primary N) is 1. The minimum absolute atomic E-state index is 0.300. The maximum absolute atomic E-state index is 11.4. The van der Waals surface area contributed by atoms with Crippen LogP contribution in [0.25, 0.3) is 0 Å². The zero-order valence-electron chi connectivity index (χ0n) is 9.63. The molecule has 0 fully saturated rings. The maximum atomic E-state index is 11.4. The van der Waals surface area contributed by atoms with Gasteiger partial charge in [0.15, 0.2) is 0 Å². The summed E-state index contributed by atoms with van der Waals surface area (Å²) in [4.78, 5) is 12.4. The van der Waals surface area contributed by atoms with Gasteiger partial charge < -0.3 is 20.7 Å². The molecule has 0 saturated heterocycles. The van der Waals surface area contributed by atoms with Gasteiger partial charge in [-0.3, -0.25) is 0 Å². The highest BCUT2D eigenvalue weighted by Crippen LogP contribution is 2.27. The van der Waals surface area contributed by atoms with Gasteiger partial charge in [0, 0.05) is 4.88 Å². The van der Waals surface area contributed by atoms with Crippen LogP contribution in [0.4, 0.5) is 0 Å². The molecule has 17 heavy (non-hydrogen) atoms. The number of ether oxygens (including phenoxy) is 1. The van der Waals surface area contributed by atoms with Gasteiger partial charge >= 0.3 is 5.97 Å². The molecule has 96 valence electrons. The van der Waals surface area contributed by atoms with Gasteiger partial charge in [0.1, 0.15) is 11.0 Å². The van der Waals surface area contributed by atoms with Crippen LogP contribution in [0.2, 0.25) is 0 Å². The zero-order chi connectivity index (χ0) is 12.8. The molecule has 0 saturated carbocycles. The summed E-state index contributed by atoms with van der Waals surface area (Å²) in [6.45, 7) is 2.34. The summed E-state index contributed by atoms with van der Waals surface area (Å²) in [5.41, 5.74) is 5.30. The van der Waals surface area contributed by atoms with E-state index in [1.165, 1.54) is 0 Å². The van der Waals surface area contributed by atoms with Crippen molar-refractivity contribution in [1.29, 1.82) is 0 Å². The summed E-state index contributed by atoms with van der Waals surface area (Å²) >= 11 is 1.12. The Kier molecular flexibility index (Phi) is 5.57. The molecule has 0 aromatic carbocycles. The first-order chi connectivity index (χ1) is 8.10. The SMILES string of the molecule is CCOC(=O)c1ccc(C(O)C(O)CCN)s1. The normalized spacial score (nSPS) is 14.4. The molecule has 1 aromatic rings. The van der Waals surface area contributed by atoms with Crippen molar-refractivity contribution in [3.63, 3.8) is 0 Å². The number of aliphatic hydroxyl groups excluding tert-OH is 2. The predicted molar refractivity (Wildman–Crippen MR) is 64.9 cm³/mol. The minimum atomic E-state index is -1.01. The average molecular weight is 259 g/mol. The van der Waals surface area contributed by atoms with E-state index in [2.05, 4.69) is 0 Å². The lowest BCUT2D eigenvalue weighted by Crippen LogP contribution is -2.21. The van der Waals surface area contributed by atoms with Crippen LogP contribution in [0.15, 0.2) is 12.1 Å². The van der Waals surface area contributed by atoms with Crippen LogP contribution in [-0.2, 0) is 4.74 Å². The highest BCUT2D eigenvalue weighted by atomic mass is 32.1. The van der Waals surface area contributed by atoms with Crippen molar-refractivity contribution in [2.75, 3.05) is 13.2 Å². The molecular weight excluding hydrogens is 242 g/mol. The van der Waals surface area contributed by atoms with Crippen molar-refractivity contribution < 1.29 is 19.7 Å². The van der Waals surface area contributed by atoms with Crippen molar-refractivity contribution in [1.82, 2.24) is 0 Å². The van der Waals surface area contributed by atoms with Gasteiger partial charge in [-0.2, -0.15) is 0 Å². The van der Waals surface area contributed by atoms with E-state index >= 15 is 0 Å². The Balaban J connectivity index is 2.70. The number of carbonyl (C=O) groups excluding carboxylic acids is 1. The van der Waals surface area contributed by atoms with Gasteiger partial charge in [-0.25, -0.2) is 4.79 Å². The Morgan fingerprint density at radius 1 is 1.53 bits per heavy atom. The van der Waals surface area contributed by atoms with Crippen LogP contribution >= 0.6 is 11.3 Å². The van der Waals surface area contributed by atoms with Crippen molar-refractivity contribution in [2.45, 2.75) is 25.6 Å². The highest BCUT2D eigenvalue weighted by molar-refractivity contribution is 7.14. The van der Waals surface area contributed by atoms with Gasteiger partial charge in [-0.15, -0.1) is 11.3 Å². The number of thiophene rings is 1. The molecule has 0 aliphatic rings. The Bertz CT molecular complexity index is 366. The quantitative estimate of drug-likeness (QED) is 0.653. The van der Waals surface area contributed by atoms with E-state index in [1.807, 2.05) is 0 Å². The largest absolute Gasteiger partial charge is 0.462 e. The molecule has 2 unspecified atom stereocenters. The zero-order valence-corrected chi connectivity index (χ0v) is 10.4. The summed E-state index contributed by atoms with van der Waals surface area (Å²) in [5.74, 6) is -0.413. The van der Waals surface area contributed by atoms with Crippen LogP contribution in [-0.4, -0.2) is 35.4 Å². The maximum Gasteiger partial charge on any atom is 0.348 e. The van der Waals surface area contributed by atoms with Gasteiger partial charge in [0.25, 0.3) is 0 Å². The first-order valence-corrected chi connectivity index (χ1v) is 6.24. The molecule has 1 rings (SSSR count). The lowest BCUT2D eigenvalue weighted by molar-refractivity contribution is 0.0171. The average Bonchev–Trinajstić information content (AvgIpc) is 2.78. The highest BCUT2D eigenvalue weighted by Gasteiger charge is 2.21. The molecule has 4 N–H and O–H groups in total. The number of rotatable bonds is 6. The third-order valence-electron chi connectivity index (χ3n) is 2.22. The number of esters is 1. The molecule has 0 radical (unpaired) electrons. The van der Waals surface area contributed by atoms with E-state index in [1.54, 1.807) is 19.1 Å². The summed E-state index contributed by atoms with van der Waals surface area (Å²) in [7, 11) is 0. The topological polar surface area (TPSA) is 92.8 Å². The number of hydrogen-bond donors (Lipinski definition) is 3. The lowest BCUT2D eigenvalue weighted by Gasteiger charge is -2.15. The second kappa shape index (κ2) is 6.70. The number of carbonyl (C=O) groups is 1. The Hall–Kier alpha value is -0.950. The second-order valence-corrected chi connectivity index (χ2v) is 4.63. The molecule has 5 nitrogen and oxygen atoms in total.